The van der Waals surface area contributed by atoms with Crippen LogP contribution in [0.5, 0.6) is 0 Å². The van der Waals surface area contributed by atoms with Crippen LogP contribution in [0.1, 0.15) is 139 Å². The van der Waals surface area contributed by atoms with Crippen LogP contribution in [-0.2, 0) is 61.8 Å². The number of H-pyrrole nitrogens is 1. The zero-order chi connectivity index (χ0) is 60.9. The molecule has 5 saturated heterocycles. The molecule has 5 N–H and O–H groups in total. The lowest BCUT2D eigenvalue weighted by Crippen LogP contribution is -2.62. The SMILES string of the molecule is CC[C@H]1OC(=O)[C@H](C)[C@@H](O[C@H]2C[C@@](C)(OC)[C@@H](OC(C)=O)[C@H](C)O2)[C@H](C)[C@@H](O[C@@H]2O[C@H](C)C[C@H](N(C)C)[C@H]2O)[C@](C)(OC)C[C@@H](C)C(=O)[C@H](C)[C@@H]2N(CCCCCNC(=O)N[C@H]3C[C@H](n4cc(C)c(=O)[nH]c4=O)O[C@@H]3CO)C(=O)O[C@@]21C. The van der Waals surface area contributed by atoms with Gasteiger partial charge in [-0.05, 0) is 101 Å². The number of aromatic amines is 1. The Kier molecular flexibility index (Phi) is 22.4. The first-order valence-electron chi connectivity index (χ1n) is 29.1. The van der Waals surface area contributed by atoms with Crippen LogP contribution in [0.2, 0.25) is 0 Å². The quantitative estimate of drug-likeness (QED) is 0.0799. The second kappa shape index (κ2) is 27.6. The fourth-order valence-electron chi connectivity index (χ4n) is 13.3. The van der Waals surface area contributed by atoms with Gasteiger partial charge in [0.05, 0.1) is 54.6 Å². The van der Waals surface area contributed by atoms with Crippen molar-refractivity contribution in [3.8, 4) is 0 Å². The standard InChI is InChI=1S/C57H94N6O19/c1-17-40-57(12)46(62(54(72)82-57)22-20-18-19-21-58-52(70)59-37-24-41(78-39(37)28-64)63-27-30(3)49(68)60-53(63)71)32(5)43(66)29(2)25-55(10,73-15)47(81-51-44(67)38(61(13)14)23-31(4)75-51)33(6)45(34(7)50(69)79-40)80-42-26-56(11,74-16)48(35(8)76-42)77-36(9)65/h27,29,31-35,37-42,44-48,51,64,67H,17-26,28H2,1-16H3,(H2,58,59,70)(H,60,68,71)/t29-,31-,32+,33+,34-,35+,37+,38+,39-,40-,41-,42+,44-,45+,46+,47-,48+,51+,55-,56-,57-/m1/s1. The number of ketones is 1. The Morgan fingerprint density at radius 1 is 0.890 bits per heavy atom. The van der Waals surface area contributed by atoms with E-state index in [1.807, 2.05) is 46.7 Å². The molecule has 82 heavy (non-hydrogen) atoms. The van der Waals surface area contributed by atoms with Crippen LogP contribution in [0.3, 0.4) is 0 Å². The highest BCUT2D eigenvalue weighted by molar-refractivity contribution is 5.85. The Morgan fingerprint density at radius 2 is 1.56 bits per heavy atom. The fraction of sp³-hybridized carbons (Fsp3) is 0.842. The van der Waals surface area contributed by atoms with Gasteiger partial charge >= 0.3 is 29.8 Å². The summed E-state index contributed by atoms with van der Waals surface area (Å²) in [7, 11) is 6.76. The summed E-state index contributed by atoms with van der Waals surface area (Å²) in [5.41, 5.74) is -4.86. The first-order chi connectivity index (χ1) is 38.5. The van der Waals surface area contributed by atoms with E-state index < -0.39 is 156 Å². The third-order valence-corrected chi connectivity index (χ3v) is 17.9. The number of esters is 2. The number of carbonyl (C=O) groups excluding carboxylic acids is 5. The van der Waals surface area contributed by atoms with Gasteiger partial charge in [0.2, 0.25) is 0 Å². The molecule has 0 bridgehead atoms. The molecule has 0 aromatic carbocycles. The number of rotatable bonds is 18. The van der Waals surface area contributed by atoms with E-state index in [4.69, 9.17) is 47.4 Å². The molecule has 21 atom stereocenters. The molecule has 25 heteroatoms. The number of aromatic nitrogens is 2. The highest BCUT2D eigenvalue weighted by atomic mass is 16.7. The van der Waals surface area contributed by atoms with E-state index in [-0.39, 0.29) is 56.7 Å². The summed E-state index contributed by atoms with van der Waals surface area (Å²) in [5.74, 6) is -4.91. The number of unbranched alkanes of at least 4 members (excludes halogenated alkanes) is 2. The van der Waals surface area contributed by atoms with Crippen molar-refractivity contribution in [2.24, 2.45) is 23.7 Å². The highest BCUT2D eigenvalue weighted by Crippen LogP contribution is 2.45. The Hall–Kier alpha value is -4.57. The minimum atomic E-state index is -1.53. The van der Waals surface area contributed by atoms with Crippen molar-refractivity contribution in [2.75, 3.05) is 48.0 Å². The molecule has 0 aliphatic carbocycles. The van der Waals surface area contributed by atoms with Gasteiger partial charge in [-0.2, -0.15) is 0 Å². The second-order valence-corrected chi connectivity index (χ2v) is 24.3. The molecule has 25 nitrogen and oxygen atoms in total. The molecule has 0 unspecified atom stereocenters. The molecule has 5 fully saturated rings. The Morgan fingerprint density at radius 3 is 2.18 bits per heavy atom. The van der Waals surface area contributed by atoms with Gasteiger partial charge < -0.3 is 78.0 Å². The number of methoxy groups -OCH3 is 2. The summed E-state index contributed by atoms with van der Waals surface area (Å²) in [6.07, 6.45) is -6.84. The van der Waals surface area contributed by atoms with Gasteiger partial charge in [-0.1, -0.05) is 27.7 Å². The molecule has 0 saturated carbocycles. The number of aliphatic hydroxyl groups excluding tert-OH is 2. The van der Waals surface area contributed by atoms with Crippen molar-refractivity contribution >= 4 is 29.8 Å². The van der Waals surface area contributed by atoms with Crippen molar-refractivity contribution < 1.29 is 81.6 Å². The number of carbonyl (C=O) groups is 5. The zero-order valence-electron chi connectivity index (χ0n) is 50.9. The lowest BCUT2D eigenvalue weighted by Gasteiger charge is -2.50. The second-order valence-electron chi connectivity index (χ2n) is 24.3. The molecule has 3 amide bonds. The number of nitrogens with zero attached hydrogens (tertiary/aromatic N) is 3. The lowest BCUT2D eigenvalue weighted by atomic mass is 9.73. The minimum Gasteiger partial charge on any atom is -0.458 e. The maximum absolute atomic E-state index is 15.2. The summed E-state index contributed by atoms with van der Waals surface area (Å²) in [6.45, 7) is 20.7. The molecule has 5 aliphatic heterocycles. The maximum Gasteiger partial charge on any atom is 0.410 e. The number of urea groups is 1. The largest absolute Gasteiger partial charge is 0.458 e. The average Bonchev–Trinajstić information content (AvgIpc) is 4.07. The Balaban J connectivity index is 1.25. The van der Waals surface area contributed by atoms with Gasteiger partial charge in [0.15, 0.2) is 24.3 Å². The van der Waals surface area contributed by atoms with Crippen molar-refractivity contribution in [3.05, 3.63) is 32.6 Å². The van der Waals surface area contributed by atoms with Crippen LogP contribution in [0.4, 0.5) is 9.59 Å². The van der Waals surface area contributed by atoms with E-state index in [0.717, 1.165) is 0 Å². The van der Waals surface area contributed by atoms with E-state index >= 15 is 9.59 Å². The normalized spacial score (nSPS) is 39.5. The van der Waals surface area contributed by atoms with Gasteiger partial charge in [-0.3, -0.25) is 28.7 Å². The maximum atomic E-state index is 15.2. The summed E-state index contributed by atoms with van der Waals surface area (Å²) in [6, 6.07) is -2.43. The lowest BCUT2D eigenvalue weighted by molar-refractivity contribution is -0.320. The Labute approximate surface area is 481 Å². The first kappa shape index (κ1) is 66.6. The van der Waals surface area contributed by atoms with E-state index in [1.165, 1.54) is 31.9 Å². The summed E-state index contributed by atoms with van der Waals surface area (Å²) >= 11 is 0. The van der Waals surface area contributed by atoms with Crippen LogP contribution in [0.15, 0.2) is 15.8 Å². The molecular formula is C57H94N6O19. The number of likely N-dealkylation sites (N-methyl/N-ethyl adjacent to an activating group) is 1. The molecule has 5 aliphatic rings. The predicted octanol–water partition coefficient (Wildman–Crippen LogP) is 3.45. The zero-order valence-corrected chi connectivity index (χ0v) is 50.9. The number of aliphatic hydroxyl groups is 2. The van der Waals surface area contributed by atoms with Gasteiger partial charge in [0.1, 0.15) is 35.9 Å². The number of amides is 3. The summed E-state index contributed by atoms with van der Waals surface area (Å²) in [4.78, 5) is 100. The smallest absolute Gasteiger partial charge is 0.410 e. The van der Waals surface area contributed by atoms with E-state index in [1.54, 1.807) is 53.4 Å². The molecule has 0 radical (unpaired) electrons. The molecule has 6 rings (SSSR count). The first-order valence-corrected chi connectivity index (χ1v) is 29.1. The Bertz CT molecular complexity index is 2500. The number of ether oxygens (including phenoxy) is 10. The molecule has 1 aromatic rings. The highest BCUT2D eigenvalue weighted by Gasteiger charge is 2.61. The van der Waals surface area contributed by atoms with Crippen molar-refractivity contribution in [1.29, 1.82) is 0 Å². The van der Waals surface area contributed by atoms with Crippen LogP contribution < -0.4 is 21.9 Å². The topological polar surface area (TPSA) is 304 Å². The van der Waals surface area contributed by atoms with Gasteiger partial charge in [-0.15, -0.1) is 0 Å². The molecule has 466 valence electrons. The minimum absolute atomic E-state index is 0.0731. The third-order valence-electron chi connectivity index (χ3n) is 17.9. The van der Waals surface area contributed by atoms with Crippen molar-refractivity contribution in [1.82, 2.24) is 30.0 Å². The van der Waals surface area contributed by atoms with Gasteiger partial charge in [-0.25, -0.2) is 14.4 Å². The van der Waals surface area contributed by atoms with Gasteiger partial charge in [0.25, 0.3) is 5.56 Å². The number of Topliss-reactive ketones (excluding diaryl/α,β-unsaturated/α-hetero) is 1. The van der Waals surface area contributed by atoms with Gasteiger partial charge in [0, 0.05) is 82.6 Å². The van der Waals surface area contributed by atoms with Crippen LogP contribution >= 0.6 is 0 Å². The molecule has 0 spiro atoms. The van der Waals surface area contributed by atoms with Crippen LogP contribution in [-0.4, -0.2) is 204 Å². The predicted molar refractivity (Wildman–Crippen MR) is 295 cm³/mol. The van der Waals surface area contributed by atoms with Crippen LogP contribution in [0.25, 0.3) is 0 Å². The van der Waals surface area contributed by atoms with E-state index in [9.17, 15) is 34.2 Å². The van der Waals surface area contributed by atoms with Crippen molar-refractivity contribution in [3.63, 3.8) is 0 Å². The number of hydrogen-bond donors (Lipinski definition) is 5. The fourth-order valence-corrected chi connectivity index (χ4v) is 13.3. The number of fused-ring (bicyclic) bond motifs is 1. The number of hydrogen-bond acceptors (Lipinski definition) is 20. The molecular weight excluding hydrogens is 1070 g/mol. The molecule has 6 heterocycles. The number of aryl methyl sites for hydroxylation is 1. The van der Waals surface area contributed by atoms with Crippen LogP contribution in [0, 0.1) is 30.6 Å². The number of nitrogens with one attached hydrogen (secondary N) is 3. The monoisotopic (exact) mass is 1170 g/mol. The summed E-state index contributed by atoms with van der Waals surface area (Å²) in [5, 5.41) is 27.6. The van der Waals surface area contributed by atoms with Crippen molar-refractivity contribution in [2.45, 2.75) is 237 Å². The molecule has 1 aromatic heterocycles. The number of cyclic esters (lactones) is 1. The van der Waals surface area contributed by atoms with E-state index in [2.05, 4.69) is 15.6 Å². The summed E-state index contributed by atoms with van der Waals surface area (Å²) < 4.78 is 64.9. The van der Waals surface area contributed by atoms with E-state index in [0.29, 0.717) is 31.2 Å². The average molecular weight is 1170 g/mol. The third kappa shape index (κ3) is 14.6.